The van der Waals surface area contributed by atoms with Crippen LogP contribution in [0.4, 0.5) is 5.69 Å². The summed E-state index contributed by atoms with van der Waals surface area (Å²) in [4.78, 5) is 4.68. The van der Waals surface area contributed by atoms with E-state index in [1.165, 1.54) is 0 Å². The fourth-order valence-corrected chi connectivity index (χ4v) is 2.43. The quantitative estimate of drug-likeness (QED) is 0.813. The van der Waals surface area contributed by atoms with Gasteiger partial charge in [-0.1, -0.05) is 0 Å². The maximum atomic E-state index is 11.1. The second-order valence-electron chi connectivity index (χ2n) is 4.33. The highest BCUT2D eigenvalue weighted by atomic mass is 32.2. The van der Waals surface area contributed by atoms with Gasteiger partial charge in [-0.25, -0.2) is 13.6 Å². The van der Waals surface area contributed by atoms with Crippen LogP contribution in [0.15, 0.2) is 29.2 Å². The molecule has 0 aromatic heterocycles. The van der Waals surface area contributed by atoms with E-state index in [0.29, 0.717) is 0 Å². The summed E-state index contributed by atoms with van der Waals surface area (Å²) in [6.07, 6.45) is 0. The highest BCUT2D eigenvalue weighted by Crippen LogP contribution is 2.18. The van der Waals surface area contributed by atoms with Crippen molar-refractivity contribution in [3.8, 4) is 0 Å². The number of rotatable bonds is 2. The van der Waals surface area contributed by atoms with E-state index in [1.807, 2.05) is 12.1 Å². The van der Waals surface area contributed by atoms with Crippen LogP contribution in [0.2, 0.25) is 0 Å². The summed E-state index contributed by atoms with van der Waals surface area (Å²) in [5.41, 5.74) is 1.05. The third-order valence-corrected chi connectivity index (χ3v) is 3.96. The molecule has 1 aliphatic heterocycles. The number of hydrogen-bond donors (Lipinski definition) is 1. The van der Waals surface area contributed by atoms with Gasteiger partial charge in [0.1, 0.15) is 0 Å². The lowest BCUT2D eigenvalue weighted by atomic mass is 10.2. The molecule has 6 heteroatoms. The number of piperazine rings is 1. The highest BCUT2D eigenvalue weighted by molar-refractivity contribution is 7.89. The van der Waals surface area contributed by atoms with Crippen molar-refractivity contribution in [1.82, 2.24) is 4.90 Å². The first-order valence-corrected chi connectivity index (χ1v) is 7.08. The number of nitrogens with zero attached hydrogens (tertiary/aromatic N) is 2. The van der Waals surface area contributed by atoms with Gasteiger partial charge >= 0.3 is 0 Å². The van der Waals surface area contributed by atoms with E-state index in [0.717, 1.165) is 31.9 Å². The molecule has 1 aromatic carbocycles. The second-order valence-corrected chi connectivity index (χ2v) is 5.89. The highest BCUT2D eigenvalue weighted by Gasteiger charge is 2.15. The minimum atomic E-state index is -3.59. The van der Waals surface area contributed by atoms with E-state index in [1.54, 1.807) is 12.1 Å². The van der Waals surface area contributed by atoms with Crippen LogP contribution in [0.25, 0.3) is 0 Å². The van der Waals surface area contributed by atoms with E-state index in [-0.39, 0.29) is 4.90 Å². The molecular formula is C11H17N3O2S. The van der Waals surface area contributed by atoms with Gasteiger partial charge in [-0.05, 0) is 31.3 Å². The maximum absolute atomic E-state index is 11.1. The molecule has 0 saturated carbocycles. The van der Waals surface area contributed by atoms with Crippen molar-refractivity contribution in [2.45, 2.75) is 4.90 Å². The number of nitrogens with two attached hydrogens (primary N) is 1. The third kappa shape index (κ3) is 2.96. The molecule has 0 aliphatic carbocycles. The third-order valence-electron chi connectivity index (χ3n) is 3.03. The Labute approximate surface area is 102 Å². The predicted octanol–water partition coefficient (Wildman–Crippen LogP) is 0.0858. The zero-order chi connectivity index (χ0) is 12.5. The van der Waals surface area contributed by atoms with Crippen LogP contribution >= 0.6 is 0 Å². The van der Waals surface area contributed by atoms with Crippen molar-refractivity contribution in [3.63, 3.8) is 0 Å². The Morgan fingerprint density at radius 3 is 2.06 bits per heavy atom. The van der Waals surface area contributed by atoms with Gasteiger partial charge in [-0.3, -0.25) is 0 Å². The Balaban J connectivity index is 2.13. The van der Waals surface area contributed by atoms with E-state index in [4.69, 9.17) is 5.14 Å². The topological polar surface area (TPSA) is 66.6 Å². The summed E-state index contributed by atoms with van der Waals surface area (Å²) in [5.74, 6) is 0. The average Bonchev–Trinajstić information content (AvgIpc) is 2.29. The molecule has 1 saturated heterocycles. The molecule has 5 nitrogen and oxygen atoms in total. The predicted molar refractivity (Wildman–Crippen MR) is 67.5 cm³/mol. The molecule has 0 bridgehead atoms. The fourth-order valence-electron chi connectivity index (χ4n) is 1.91. The molecular weight excluding hydrogens is 238 g/mol. The number of hydrogen-bond acceptors (Lipinski definition) is 4. The maximum Gasteiger partial charge on any atom is 0.238 e. The average molecular weight is 255 g/mol. The Bertz CT molecular complexity index is 476. The molecule has 0 unspecified atom stereocenters. The minimum absolute atomic E-state index is 0.162. The normalized spacial score (nSPS) is 18.4. The van der Waals surface area contributed by atoms with Gasteiger partial charge in [-0.15, -0.1) is 0 Å². The van der Waals surface area contributed by atoms with Gasteiger partial charge < -0.3 is 9.80 Å². The van der Waals surface area contributed by atoms with Gasteiger partial charge in [0.15, 0.2) is 0 Å². The van der Waals surface area contributed by atoms with E-state index in [9.17, 15) is 8.42 Å². The number of sulfonamides is 1. The van der Waals surface area contributed by atoms with Crippen LogP contribution < -0.4 is 10.0 Å². The Morgan fingerprint density at radius 2 is 1.59 bits per heavy atom. The van der Waals surface area contributed by atoms with Crippen molar-refractivity contribution in [2.24, 2.45) is 5.14 Å². The van der Waals surface area contributed by atoms with Crippen molar-refractivity contribution in [2.75, 3.05) is 38.1 Å². The monoisotopic (exact) mass is 255 g/mol. The van der Waals surface area contributed by atoms with E-state index < -0.39 is 10.0 Å². The molecule has 94 valence electrons. The lowest BCUT2D eigenvalue weighted by molar-refractivity contribution is 0.313. The lowest BCUT2D eigenvalue weighted by Crippen LogP contribution is -2.44. The zero-order valence-corrected chi connectivity index (χ0v) is 10.7. The molecule has 2 N–H and O–H groups in total. The van der Waals surface area contributed by atoms with Crippen molar-refractivity contribution in [3.05, 3.63) is 24.3 Å². The molecule has 0 amide bonds. The fraction of sp³-hybridized carbons (Fsp3) is 0.455. The van der Waals surface area contributed by atoms with Crippen LogP contribution in [-0.2, 0) is 10.0 Å². The molecule has 0 radical (unpaired) electrons. The van der Waals surface area contributed by atoms with Crippen molar-refractivity contribution in [1.29, 1.82) is 0 Å². The smallest absolute Gasteiger partial charge is 0.238 e. The van der Waals surface area contributed by atoms with Crippen LogP contribution in [0.3, 0.4) is 0 Å². The summed E-state index contributed by atoms with van der Waals surface area (Å²) in [7, 11) is -1.49. The number of benzene rings is 1. The summed E-state index contributed by atoms with van der Waals surface area (Å²) in [5, 5.41) is 5.06. The minimum Gasteiger partial charge on any atom is -0.369 e. The Kier molecular flexibility index (Phi) is 3.37. The van der Waals surface area contributed by atoms with E-state index >= 15 is 0 Å². The first-order valence-electron chi connectivity index (χ1n) is 5.53. The molecule has 0 atom stereocenters. The summed E-state index contributed by atoms with van der Waals surface area (Å²) < 4.78 is 22.2. The molecule has 17 heavy (non-hydrogen) atoms. The van der Waals surface area contributed by atoms with Crippen LogP contribution in [0.5, 0.6) is 0 Å². The largest absolute Gasteiger partial charge is 0.369 e. The van der Waals surface area contributed by atoms with Crippen LogP contribution in [0, 0.1) is 0 Å². The first kappa shape index (κ1) is 12.3. The van der Waals surface area contributed by atoms with E-state index in [2.05, 4.69) is 16.8 Å². The SMILES string of the molecule is CN1CCN(c2ccc(S(N)(=O)=O)cc2)CC1. The second kappa shape index (κ2) is 4.64. The molecule has 2 rings (SSSR count). The molecule has 1 aliphatic rings. The number of anilines is 1. The summed E-state index contributed by atoms with van der Waals surface area (Å²) in [6, 6.07) is 6.74. The summed E-state index contributed by atoms with van der Waals surface area (Å²) >= 11 is 0. The van der Waals surface area contributed by atoms with Gasteiger partial charge in [0, 0.05) is 31.9 Å². The molecule has 1 fully saturated rings. The van der Waals surface area contributed by atoms with Gasteiger partial charge in [-0.2, -0.15) is 0 Å². The lowest BCUT2D eigenvalue weighted by Gasteiger charge is -2.34. The zero-order valence-electron chi connectivity index (χ0n) is 9.83. The van der Waals surface area contributed by atoms with Crippen LogP contribution in [-0.4, -0.2) is 46.5 Å². The molecule has 0 spiro atoms. The van der Waals surface area contributed by atoms with Gasteiger partial charge in [0.05, 0.1) is 4.90 Å². The number of primary sulfonamides is 1. The van der Waals surface area contributed by atoms with Crippen LogP contribution in [0.1, 0.15) is 0 Å². The standard InChI is InChI=1S/C11H17N3O2S/c1-13-6-8-14(9-7-13)10-2-4-11(5-3-10)17(12,15)16/h2-5H,6-9H2,1H3,(H2,12,15,16). The van der Waals surface area contributed by atoms with Gasteiger partial charge in [0.25, 0.3) is 0 Å². The molecule has 1 aromatic rings. The summed E-state index contributed by atoms with van der Waals surface area (Å²) in [6.45, 7) is 3.98. The van der Waals surface area contributed by atoms with Crippen molar-refractivity contribution >= 4 is 15.7 Å². The number of likely N-dealkylation sites (N-methyl/N-ethyl adjacent to an activating group) is 1. The van der Waals surface area contributed by atoms with Gasteiger partial charge in [0.2, 0.25) is 10.0 Å². The Hall–Kier alpha value is -1.11. The molecule has 1 heterocycles. The van der Waals surface area contributed by atoms with Crippen molar-refractivity contribution < 1.29 is 8.42 Å². The Morgan fingerprint density at radius 1 is 1.06 bits per heavy atom. The first-order chi connectivity index (χ1) is 7.97.